The van der Waals surface area contributed by atoms with Crippen LogP contribution in [0.1, 0.15) is 51.4 Å². The van der Waals surface area contributed by atoms with Crippen molar-refractivity contribution in [3.8, 4) is 0 Å². The van der Waals surface area contributed by atoms with E-state index in [2.05, 4.69) is 0 Å². The maximum absolute atomic E-state index is 12.3. The number of carbonyl (C=O) groups is 2. The van der Waals surface area contributed by atoms with Gasteiger partial charge in [0.05, 0.1) is 5.92 Å². The van der Waals surface area contributed by atoms with Crippen LogP contribution in [0.5, 0.6) is 0 Å². The molecule has 5 heteroatoms. The first-order valence-electron chi connectivity index (χ1n) is 7.36. The molecule has 1 aliphatic heterocycles. The van der Waals surface area contributed by atoms with Crippen molar-refractivity contribution in [2.45, 2.75) is 56.9 Å². The summed E-state index contributed by atoms with van der Waals surface area (Å²) in [6.07, 6.45) is 7.40. The zero-order valence-electron chi connectivity index (χ0n) is 11.6. The summed E-state index contributed by atoms with van der Waals surface area (Å²) in [5.74, 6) is -0.384. The van der Waals surface area contributed by atoms with Gasteiger partial charge >= 0.3 is 0 Å². The Morgan fingerprint density at radius 3 is 2.47 bits per heavy atom. The van der Waals surface area contributed by atoms with Crippen LogP contribution in [0.2, 0.25) is 0 Å². The standard InChI is InChI=1S/C14H25N3O2/c15-13(19)11-5-4-8-17(10-11)12(18)9-14(16)6-2-1-3-7-14/h11H,1-10,16H2,(H2,15,19). The van der Waals surface area contributed by atoms with Gasteiger partial charge in [-0.1, -0.05) is 19.3 Å². The summed E-state index contributed by atoms with van der Waals surface area (Å²) in [5.41, 5.74) is 11.3. The number of primary amides is 1. The zero-order valence-corrected chi connectivity index (χ0v) is 11.6. The van der Waals surface area contributed by atoms with Crippen LogP contribution in [0.3, 0.4) is 0 Å². The highest BCUT2D eigenvalue weighted by Gasteiger charge is 2.34. The minimum Gasteiger partial charge on any atom is -0.369 e. The molecule has 1 atom stereocenters. The van der Waals surface area contributed by atoms with Crippen LogP contribution in [0.25, 0.3) is 0 Å². The van der Waals surface area contributed by atoms with Crippen molar-refractivity contribution in [3.05, 3.63) is 0 Å². The molecule has 0 aromatic carbocycles. The molecule has 19 heavy (non-hydrogen) atoms. The van der Waals surface area contributed by atoms with Gasteiger partial charge in [-0.3, -0.25) is 9.59 Å². The number of hydrogen-bond donors (Lipinski definition) is 2. The quantitative estimate of drug-likeness (QED) is 0.791. The normalized spacial score (nSPS) is 27.0. The van der Waals surface area contributed by atoms with Gasteiger partial charge in [0.2, 0.25) is 11.8 Å². The third kappa shape index (κ3) is 3.69. The van der Waals surface area contributed by atoms with Gasteiger partial charge in [-0.05, 0) is 25.7 Å². The number of piperidine rings is 1. The van der Waals surface area contributed by atoms with Gasteiger partial charge in [0.15, 0.2) is 0 Å². The second-order valence-corrected chi connectivity index (χ2v) is 6.18. The van der Waals surface area contributed by atoms with Crippen LogP contribution in [-0.2, 0) is 9.59 Å². The van der Waals surface area contributed by atoms with Gasteiger partial charge in [0.25, 0.3) is 0 Å². The lowest BCUT2D eigenvalue weighted by Gasteiger charge is -2.37. The minimum atomic E-state index is -0.324. The number of hydrogen-bond acceptors (Lipinski definition) is 3. The van der Waals surface area contributed by atoms with Crippen molar-refractivity contribution < 1.29 is 9.59 Å². The van der Waals surface area contributed by atoms with Crippen molar-refractivity contribution in [2.24, 2.45) is 17.4 Å². The summed E-state index contributed by atoms with van der Waals surface area (Å²) < 4.78 is 0. The van der Waals surface area contributed by atoms with Gasteiger partial charge in [-0.15, -0.1) is 0 Å². The predicted molar refractivity (Wildman–Crippen MR) is 73.1 cm³/mol. The van der Waals surface area contributed by atoms with Crippen LogP contribution in [0.4, 0.5) is 0 Å². The average Bonchev–Trinajstić information content (AvgIpc) is 2.39. The maximum atomic E-state index is 12.3. The van der Waals surface area contributed by atoms with Crippen LogP contribution in [-0.4, -0.2) is 35.3 Å². The first kappa shape index (κ1) is 14.3. The smallest absolute Gasteiger partial charge is 0.224 e. The molecular weight excluding hydrogens is 242 g/mol. The topological polar surface area (TPSA) is 89.4 Å². The van der Waals surface area contributed by atoms with Crippen LogP contribution >= 0.6 is 0 Å². The molecule has 1 unspecified atom stereocenters. The van der Waals surface area contributed by atoms with Crippen molar-refractivity contribution in [2.75, 3.05) is 13.1 Å². The van der Waals surface area contributed by atoms with Crippen molar-refractivity contribution in [1.82, 2.24) is 4.90 Å². The fourth-order valence-electron chi connectivity index (χ4n) is 3.28. The Morgan fingerprint density at radius 2 is 1.84 bits per heavy atom. The van der Waals surface area contributed by atoms with E-state index in [-0.39, 0.29) is 23.3 Å². The Kier molecular flexibility index (Phi) is 4.45. The van der Waals surface area contributed by atoms with Crippen LogP contribution < -0.4 is 11.5 Å². The Bertz CT molecular complexity index is 351. The molecule has 0 aromatic heterocycles. The number of nitrogens with two attached hydrogens (primary N) is 2. The maximum Gasteiger partial charge on any atom is 0.224 e. The van der Waals surface area contributed by atoms with E-state index in [1.54, 1.807) is 4.90 Å². The molecule has 2 amide bonds. The highest BCUT2D eigenvalue weighted by atomic mass is 16.2. The molecule has 1 aliphatic carbocycles. The Hall–Kier alpha value is -1.10. The molecule has 2 fully saturated rings. The molecule has 2 rings (SSSR count). The van der Waals surface area contributed by atoms with E-state index in [1.807, 2.05) is 0 Å². The van der Waals surface area contributed by atoms with Crippen molar-refractivity contribution in [3.63, 3.8) is 0 Å². The number of amides is 2. The number of carbonyl (C=O) groups excluding carboxylic acids is 2. The van der Waals surface area contributed by atoms with Crippen molar-refractivity contribution >= 4 is 11.8 Å². The van der Waals surface area contributed by atoms with Gasteiger partial charge in [0.1, 0.15) is 0 Å². The SMILES string of the molecule is NC(=O)C1CCCN(C(=O)CC2(N)CCCCC2)C1. The molecule has 1 heterocycles. The van der Waals surface area contributed by atoms with Crippen molar-refractivity contribution in [1.29, 1.82) is 0 Å². The lowest BCUT2D eigenvalue weighted by molar-refractivity contribution is -0.136. The first-order chi connectivity index (χ1) is 9.00. The monoisotopic (exact) mass is 267 g/mol. The molecular formula is C14H25N3O2. The Morgan fingerprint density at radius 1 is 1.16 bits per heavy atom. The highest BCUT2D eigenvalue weighted by Crippen LogP contribution is 2.29. The van der Waals surface area contributed by atoms with E-state index < -0.39 is 0 Å². The Balaban J connectivity index is 1.90. The minimum absolute atomic E-state index is 0.0929. The van der Waals surface area contributed by atoms with E-state index in [4.69, 9.17) is 11.5 Å². The third-order valence-corrected chi connectivity index (χ3v) is 4.53. The van der Waals surface area contributed by atoms with Gasteiger partial charge in [0, 0.05) is 25.0 Å². The predicted octanol–water partition coefficient (Wildman–Crippen LogP) is 0.762. The molecule has 5 nitrogen and oxygen atoms in total. The van der Waals surface area contributed by atoms with Gasteiger partial charge < -0.3 is 16.4 Å². The summed E-state index contributed by atoms with van der Waals surface area (Å²) in [4.78, 5) is 25.3. The third-order valence-electron chi connectivity index (χ3n) is 4.53. The molecule has 2 aliphatic rings. The summed E-state index contributed by atoms with van der Waals surface area (Å²) in [6.45, 7) is 1.21. The lowest BCUT2D eigenvalue weighted by Crippen LogP contribution is -2.50. The molecule has 0 bridgehead atoms. The fourth-order valence-corrected chi connectivity index (χ4v) is 3.28. The largest absolute Gasteiger partial charge is 0.369 e. The van der Waals surface area contributed by atoms with Gasteiger partial charge in [-0.2, -0.15) is 0 Å². The second-order valence-electron chi connectivity index (χ2n) is 6.18. The molecule has 0 aromatic rings. The first-order valence-corrected chi connectivity index (χ1v) is 7.36. The molecule has 1 saturated carbocycles. The Labute approximate surface area is 114 Å². The summed E-state index contributed by atoms with van der Waals surface area (Å²) in [5, 5.41) is 0. The summed E-state index contributed by atoms with van der Waals surface area (Å²) in [7, 11) is 0. The average molecular weight is 267 g/mol. The van der Waals surface area contributed by atoms with Crippen LogP contribution in [0.15, 0.2) is 0 Å². The van der Waals surface area contributed by atoms with E-state index in [9.17, 15) is 9.59 Å². The summed E-state index contributed by atoms with van der Waals surface area (Å²) in [6, 6.07) is 0. The van der Waals surface area contributed by atoms with E-state index in [0.29, 0.717) is 13.0 Å². The molecule has 1 saturated heterocycles. The number of nitrogens with zero attached hydrogens (tertiary/aromatic N) is 1. The fraction of sp³-hybridized carbons (Fsp3) is 0.857. The number of likely N-dealkylation sites (tertiary alicyclic amines) is 1. The molecule has 0 radical (unpaired) electrons. The van der Waals surface area contributed by atoms with E-state index in [0.717, 1.165) is 45.1 Å². The lowest BCUT2D eigenvalue weighted by atomic mass is 9.79. The van der Waals surface area contributed by atoms with E-state index in [1.165, 1.54) is 6.42 Å². The second kappa shape index (κ2) is 5.90. The zero-order chi connectivity index (χ0) is 13.9. The molecule has 0 spiro atoms. The number of rotatable bonds is 3. The van der Waals surface area contributed by atoms with E-state index >= 15 is 0 Å². The highest BCUT2D eigenvalue weighted by molar-refractivity contribution is 5.80. The van der Waals surface area contributed by atoms with Gasteiger partial charge in [-0.25, -0.2) is 0 Å². The van der Waals surface area contributed by atoms with Crippen LogP contribution in [0, 0.1) is 5.92 Å². The molecule has 108 valence electrons. The summed E-state index contributed by atoms with van der Waals surface area (Å²) >= 11 is 0. The molecule has 4 N–H and O–H groups in total.